The normalized spacial score (nSPS) is 10.7. The first-order chi connectivity index (χ1) is 11.1. The van der Waals surface area contributed by atoms with E-state index in [0.29, 0.717) is 6.42 Å². The molecule has 0 saturated carbocycles. The summed E-state index contributed by atoms with van der Waals surface area (Å²) in [6.07, 6.45) is 17.6. The van der Waals surface area contributed by atoms with E-state index in [1.807, 2.05) is 0 Å². The molecule has 3 N–H and O–H groups in total. The first-order valence-electron chi connectivity index (χ1n) is 9.44. The second kappa shape index (κ2) is 15.7. The number of carboxylic acid groups (broad SMARTS) is 1. The molecule has 0 unspecified atom stereocenters. The van der Waals surface area contributed by atoms with E-state index in [-0.39, 0.29) is 12.0 Å². The van der Waals surface area contributed by atoms with Crippen LogP contribution in [0.15, 0.2) is 11.5 Å². The molecule has 0 spiro atoms. The Morgan fingerprint density at radius 2 is 0.957 bits per heavy atom. The second-order valence-electron chi connectivity index (χ2n) is 6.45. The minimum atomic E-state index is -1.24. The SMILES string of the molecule is CCCCCCCCCCCCCCCCC(C(=O)O)=C(O)O. The van der Waals surface area contributed by atoms with Gasteiger partial charge in [-0.15, -0.1) is 0 Å². The van der Waals surface area contributed by atoms with Crippen LogP contribution in [-0.2, 0) is 4.79 Å². The first kappa shape index (κ1) is 21.8. The van der Waals surface area contributed by atoms with Gasteiger partial charge in [0.1, 0.15) is 5.57 Å². The average molecular weight is 328 g/mol. The molecule has 0 aliphatic carbocycles. The van der Waals surface area contributed by atoms with Gasteiger partial charge in [-0.25, -0.2) is 4.79 Å². The number of carboxylic acids is 1. The van der Waals surface area contributed by atoms with Gasteiger partial charge in [-0.3, -0.25) is 0 Å². The summed E-state index contributed by atoms with van der Waals surface area (Å²) >= 11 is 0. The Morgan fingerprint density at radius 1 is 0.609 bits per heavy atom. The third-order valence-corrected chi connectivity index (χ3v) is 4.31. The van der Waals surface area contributed by atoms with Crippen LogP contribution < -0.4 is 0 Å². The van der Waals surface area contributed by atoms with E-state index in [0.717, 1.165) is 12.8 Å². The molecule has 0 amide bonds. The van der Waals surface area contributed by atoms with Crippen molar-refractivity contribution in [2.45, 2.75) is 103 Å². The third-order valence-electron chi connectivity index (χ3n) is 4.31. The van der Waals surface area contributed by atoms with E-state index in [1.54, 1.807) is 0 Å². The molecule has 0 heterocycles. The van der Waals surface area contributed by atoms with Crippen molar-refractivity contribution in [2.24, 2.45) is 0 Å². The van der Waals surface area contributed by atoms with Crippen LogP contribution in [0.3, 0.4) is 0 Å². The number of hydrogen-bond donors (Lipinski definition) is 3. The van der Waals surface area contributed by atoms with Gasteiger partial charge in [0.15, 0.2) is 0 Å². The number of carbonyl (C=O) groups is 1. The van der Waals surface area contributed by atoms with Gasteiger partial charge >= 0.3 is 5.97 Å². The number of hydrogen-bond acceptors (Lipinski definition) is 3. The molecule has 0 aliphatic rings. The lowest BCUT2D eigenvalue weighted by atomic mass is 10.0. The van der Waals surface area contributed by atoms with Gasteiger partial charge in [-0.2, -0.15) is 0 Å². The predicted molar refractivity (Wildman–Crippen MR) is 94.8 cm³/mol. The minimum absolute atomic E-state index is 0.232. The van der Waals surface area contributed by atoms with E-state index in [2.05, 4.69) is 6.92 Å². The maximum Gasteiger partial charge on any atom is 0.338 e. The van der Waals surface area contributed by atoms with E-state index < -0.39 is 11.9 Å². The predicted octanol–water partition coefficient (Wildman–Crippen LogP) is 6.27. The number of rotatable bonds is 16. The van der Waals surface area contributed by atoms with Crippen LogP contribution >= 0.6 is 0 Å². The molecule has 0 atom stereocenters. The number of aliphatic carboxylic acids is 1. The van der Waals surface area contributed by atoms with Gasteiger partial charge in [0.05, 0.1) is 0 Å². The topological polar surface area (TPSA) is 77.8 Å². The minimum Gasteiger partial charge on any atom is -0.481 e. The maximum atomic E-state index is 10.7. The van der Waals surface area contributed by atoms with Crippen molar-refractivity contribution < 1.29 is 20.1 Å². The lowest BCUT2D eigenvalue weighted by Gasteiger charge is -2.04. The van der Waals surface area contributed by atoms with Crippen LogP contribution in [0.25, 0.3) is 0 Å². The van der Waals surface area contributed by atoms with E-state index >= 15 is 0 Å². The standard InChI is InChI=1S/C19H36O4/c1-2-3-4-5-6-7-8-9-10-11-12-13-14-15-16-17(18(20)21)19(22)23/h20-21H,2-16H2,1H3,(H,22,23). The largest absolute Gasteiger partial charge is 0.481 e. The van der Waals surface area contributed by atoms with Crippen molar-refractivity contribution in [3.05, 3.63) is 11.5 Å². The molecular weight excluding hydrogens is 292 g/mol. The summed E-state index contributed by atoms with van der Waals surface area (Å²) in [5.41, 5.74) is -0.274. The molecule has 0 aromatic carbocycles. The van der Waals surface area contributed by atoms with Crippen LogP contribution in [0.5, 0.6) is 0 Å². The van der Waals surface area contributed by atoms with Crippen molar-refractivity contribution >= 4 is 5.97 Å². The third kappa shape index (κ3) is 14.2. The van der Waals surface area contributed by atoms with Gasteiger partial charge < -0.3 is 15.3 Å². The Labute approximate surface area is 141 Å². The first-order valence-corrected chi connectivity index (χ1v) is 9.44. The average Bonchev–Trinajstić information content (AvgIpc) is 2.50. The summed E-state index contributed by atoms with van der Waals surface area (Å²) in [6, 6.07) is 0. The van der Waals surface area contributed by atoms with Crippen molar-refractivity contribution in [1.82, 2.24) is 0 Å². The maximum absolute atomic E-state index is 10.7. The Bertz CT molecular complexity index is 319. The quantitative estimate of drug-likeness (QED) is 0.177. The molecule has 136 valence electrons. The van der Waals surface area contributed by atoms with Crippen LogP contribution in [0.1, 0.15) is 103 Å². The Kier molecular flexibility index (Phi) is 14.9. The van der Waals surface area contributed by atoms with Crippen LogP contribution in [-0.4, -0.2) is 21.3 Å². The zero-order valence-electron chi connectivity index (χ0n) is 14.9. The molecule has 0 radical (unpaired) electrons. The zero-order chi connectivity index (χ0) is 17.3. The number of unbranched alkanes of at least 4 members (excludes halogenated alkanes) is 13. The lowest BCUT2D eigenvalue weighted by molar-refractivity contribution is -0.133. The summed E-state index contributed by atoms with van der Waals surface area (Å²) in [4.78, 5) is 10.7. The highest BCUT2D eigenvalue weighted by Crippen LogP contribution is 2.15. The zero-order valence-corrected chi connectivity index (χ0v) is 14.9. The van der Waals surface area contributed by atoms with Crippen LogP contribution in [0.2, 0.25) is 0 Å². The van der Waals surface area contributed by atoms with Crippen molar-refractivity contribution in [1.29, 1.82) is 0 Å². The van der Waals surface area contributed by atoms with Crippen molar-refractivity contribution in [3.8, 4) is 0 Å². The fraction of sp³-hybridized carbons (Fsp3) is 0.842. The summed E-state index contributed by atoms with van der Waals surface area (Å²) in [5, 5.41) is 26.5. The van der Waals surface area contributed by atoms with Crippen molar-refractivity contribution in [2.75, 3.05) is 0 Å². The van der Waals surface area contributed by atoms with Crippen LogP contribution in [0.4, 0.5) is 0 Å². The fourth-order valence-corrected chi connectivity index (χ4v) is 2.81. The summed E-state index contributed by atoms with van der Waals surface area (Å²) in [6.45, 7) is 2.25. The number of aliphatic hydroxyl groups is 2. The molecule has 0 rings (SSSR count). The smallest absolute Gasteiger partial charge is 0.338 e. The molecule has 4 heteroatoms. The molecule has 0 aliphatic heterocycles. The molecule has 0 aromatic rings. The molecule has 0 aromatic heterocycles. The van der Waals surface area contributed by atoms with E-state index in [1.165, 1.54) is 70.6 Å². The molecule has 23 heavy (non-hydrogen) atoms. The van der Waals surface area contributed by atoms with Gasteiger partial charge in [-0.05, 0) is 12.8 Å². The molecule has 0 saturated heterocycles. The Morgan fingerprint density at radius 3 is 1.26 bits per heavy atom. The summed E-state index contributed by atoms with van der Waals surface area (Å²) in [5.74, 6) is -2.29. The fourth-order valence-electron chi connectivity index (χ4n) is 2.81. The van der Waals surface area contributed by atoms with Gasteiger partial charge in [-0.1, -0.05) is 90.4 Å². The summed E-state index contributed by atoms with van der Waals surface area (Å²) in [7, 11) is 0. The molecule has 0 fully saturated rings. The van der Waals surface area contributed by atoms with Crippen molar-refractivity contribution in [3.63, 3.8) is 0 Å². The Balaban J connectivity index is 3.28. The highest BCUT2D eigenvalue weighted by Gasteiger charge is 2.12. The highest BCUT2D eigenvalue weighted by atomic mass is 16.5. The molecule has 4 nitrogen and oxygen atoms in total. The Hall–Kier alpha value is -1.19. The van der Waals surface area contributed by atoms with Gasteiger partial charge in [0, 0.05) is 0 Å². The lowest BCUT2D eigenvalue weighted by Crippen LogP contribution is -2.04. The van der Waals surface area contributed by atoms with Gasteiger partial charge in [0.2, 0.25) is 0 Å². The molecular formula is C19H36O4. The summed E-state index contributed by atoms with van der Waals surface area (Å²) < 4.78 is 0. The van der Waals surface area contributed by atoms with Gasteiger partial charge in [0.25, 0.3) is 5.95 Å². The second-order valence-corrected chi connectivity index (χ2v) is 6.45. The number of aliphatic hydroxyl groups excluding tert-OH is 1. The van der Waals surface area contributed by atoms with Crippen LogP contribution in [0, 0.1) is 0 Å². The van der Waals surface area contributed by atoms with E-state index in [9.17, 15) is 4.79 Å². The van der Waals surface area contributed by atoms with E-state index in [4.69, 9.17) is 15.3 Å². The monoisotopic (exact) mass is 328 g/mol. The highest BCUT2D eigenvalue weighted by molar-refractivity contribution is 5.86. The molecule has 0 bridgehead atoms.